The molecule has 0 aliphatic rings. The average molecular weight is 340 g/mol. The summed E-state index contributed by atoms with van der Waals surface area (Å²) in [5.74, 6) is 1.74. The molecule has 0 bridgehead atoms. The molecule has 0 saturated carbocycles. The Balaban J connectivity index is 0.00000169. The van der Waals surface area contributed by atoms with Crippen molar-refractivity contribution in [3.63, 3.8) is 0 Å². The first-order valence-electron chi connectivity index (χ1n) is 7.05. The van der Waals surface area contributed by atoms with Crippen molar-refractivity contribution in [2.24, 2.45) is 0 Å². The molecule has 4 rings (SSSR count). The van der Waals surface area contributed by atoms with Gasteiger partial charge in [-0.25, -0.2) is 4.98 Å². The van der Waals surface area contributed by atoms with Crippen LogP contribution in [0.3, 0.4) is 0 Å². The van der Waals surface area contributed by atoms with Crippen LogP contribution in [0.1, 0.15) is 0 Å². The number of ether oxygens (including phenoxy) is 1. The number of nitrogens with zero attached hydrogens (tertiary/aromatic N) is 3. The topological polar surface area (TPSA) is 99.9 Å². The van der Waals surface area contributed by atoms with E-state index in [0.717, 1.165) is 10.8 Å². The maximum absolute atomic E-state index is 6.10. The highest BCUT2D eigenvalue weighted by Crippen LogP contribution is 2.35. The number of aromatic nitrogens is 3. The summed E-state index contributed by atoms with van der Waals surface area (Å²) in [5.41, 5.74) is 12.3. The zero-order valence-corrected chi connectivity index (χ0v) is 13.3. The first-order chi connectivity index (χ1) is 11.2. The molecule has 4 N–H and O–H groups in total. The minimum absolute atomic E-state index is 0. The van der Waals surface area contributed by atoms with Crippen molar-refractivity contribution in [1.29, 1.82) is 0 Å². The highest BCUT2D eigenvalue weighted by atomic mass is 35.5. The second-order valence-electron chi connectivity index (χ2n) is 5.07. The van der Waals surface area contributed by atoms with Gasteiger partial charge in [0.2, 0.25) is 5.95 Å². The first-order valence-corrected chi connectivity index (χ1v) is 7.05. The highest BCUT2D eigenvalue weighted by molar-refractivity contribution is 5.95. The second-order valence-corrected chi connectivity index (χ2v) is 5.07. The number of hydrogen-bond acceptors (Lipinski definition) is 6. The summed E-state index contributed by atoms with van der Waals surface area (Å²) in [6.07, 6.45) is 3.53. The maximum atomic E-state index is 6.10. The fourth-order valence-electron chi connectivity index (χ4n) is 2.58. The number of rotatable bonds is 2. The van der Waals surface area contributed by atoms with Gasteiger partial charge in [0.15, 0.2) is 0 Å². The van der Waals surface area contributed by atoms with Crippen molar-refractivity contribution in [1.82, 2.24) is 15.0 Å². The number of benzene rings is 2. The first kappa shape index (κ1) is 15.8. The number of nitrogen functional groups attached to an aromatic ring is 2. The molecule has 0 aliphatic carbocycles. The summed E-state index contributed by atoms with van der Waals surface area (Å²) >= 11 is 0. The third-order valence-electron chi connectivity index (χ3n) is 3.59. The smallest absolute Gasteiger partial charge is 0.222 e. The van der Waals surface area contributed by atoms with Gasteiger partial charge in [0, 0.05) is 23.2 Å². The molecular formula is C17H14ClN5O. The summed E-state index contributed by atoms with van der Waals surface area (Å²) < 4.78 is 6.10. The quantitative estimate of drug-likeness (QED) is 0.579. The number of hydrogen-bond donors (Lipinski definition) is 2. The van der Waals surface area contributed by atoms with E-state index in [-0.39, 0.29) is 18.4 Å². The Labute approximate surface area is 143 Å². The molecule has 6 nitrogen and oxygen atoms in total. The Morgan fingerprint density at radius 3 is 2.54 bits per heavy atom. The molecule has 2 aromatic carbocycles. The van der Waals surface area contributed by atoms with Gasteiger partial charge in [-0.15, -0.1) is 12.4 Å². The van der Waals surface area contributed by atoms with Crippen LogP contribution in [0.5, 0.6) is 11.5 Å². The van der Waals surface area contributed by atoms with Crippen molar-refractivity contribution >= 4 is 45.8 Å². The van der Waals surface area contributed by atoms with Crippen LogP contribution >= 0.6 is 12.4 Å². The molecule has 0 atom stereocenters. The van der Waals surface area contributed by atoms with E-state index in [2.05, 4.69) is 15.0 Å². The van der Waals surface area contributed by atoms with E-state index in [0.29, 0.717) is 28.2 Å². The molecule has 0 amide bonds. The van der Waals surface area contributed by atoms with Crippen molar-refractivity contribution in [3.05, 3.63) is 54.9 Å². The molecule has 24 heavy (non-hydrogen) atoms. The molecule has 120 valence electrons. The normalized spacial score (nSPS) is 10.5. The molecular weight excluding hydrogens is 326 g/mol. The van der Waals surface area contributed by atoms with E-state index in [4.69, 9.17) is 16.2 Å². The maximum Gasteiger partial charge on any atom is 0.222 e. The Kier molecular flexibility index (Phi) is 4.05. The molecule has 0 unspecified atom stereocenters. The lowest BCUT2D eigenvalue weighted by Gasteiger charge is -2.12. The van der Waals surface area contributed by atoms with E-state index in [9.17, 15) is 0 Å². The van der Waals surface area contributed by atoms with Gasteiger partial charge >= 0.3 is 0 Å². The van der Waals surface area contributed by atoms with Crippen LogP contribution < -0.4 is 16.2 Å². The second kappa shape index (κ2) is 6.17. The van der Waals surface area contributed by atoms with Crippen LogP contribution in [0.4, 0.5) is 11.8 Å². The predicted molar refractivity (Wildman–Crippen MR) is 97.4 cm³/mol. The number of nitrogens with two attached hydrogens (primary N) is 2. The monoisotopic (exact) mass is 339 g/mol. The Bertz CT molecular complexity index is 1030. The minimum Gasteiger partial charge on any atom is -0.456 e. The molecule has 0 saturated heterocycles. The zero-order valence-electron chi connectivity index (χ0n) is 12.5. The van der Waals surface area contributed by atoms with Gasteiger partial charge in [-0.3, -0.25) is 4.98 Å². The minimum atomic E-state index is 0. The van der Waals surface area contributed by atoms with Gasteiger partial charge in [-0.05, 0) is 24.3 Å². The van der Waals surface area contributed by atoms with Crippen LogP contribution in [0.2, 0.25) is 0 Å². The summed E-state index contributed by atoms with van der Waals surface area (Å²) in [5, 5.41) is 2.61. The SMILES string of the molecule is Cl.Nc1nc(N)c2c(Oc3cccc4cnccc34)cccc2n1. The predicted octanol–water partition coefficient (Wildman–Crippen LogP) is 3.56. The Morgan fingerprint density at radius 1 is 0.875 bits per heavy atom. The molecule has 0 spiro atoms. The summed E-state index contributed by atoms with van der Waals surface area (Å²) in [4.78, 5) is 12.3. The molecule has 2 aromatic heterocycles. The summed E-state index contributed by atoms with van der Waals surface area (Å²) in [6.45, 7) is 0. The van der Waals surface area contributed by atoms with Gasteiger partial charge in [0.25, 0.3) is 0 Å². The molecule has 7 heteroatoms. The lowest BCUT2D eigenvalue weighted by molar-refractivity contribution is 0.494. The van der Waals surface area contributed by atoms with E-state index >= 15 is 0 Å². The number of fused-ring (bicyclic) bond motifs is 2. The van der Waals surface area contributed by atoms with E-state index < -0.39 is 0 Å². The van der Waals surface area contributed by atoms with Crippen LogP contribution in [0.25, 0.3) is 21.7 Å². The van der Waals surface area contributed by atoms with Crippen molar-refractivity contribution in [2.45, 2.75) is 0 Å². The van der Waals surface area contributed by atoms with E-state index in [1.54, 1.807) is 12.4 Å². The fourth-order valence-corrected chi connectivity index (χ4v) is 2.58. The molecule has 2 heterocycles. The fraction of sp³-hybridized carbons (Fsp3) is 0. The third-order valence-corrected chi connectivity index (χ3v) is 3.59. The lowest BCUT2D eigenvalue weighted by atomic mass is 10.1. The van der Waals surface area contributed by atoms with Crippen molar-refractivity contribution < 1.29 is 4.74 Å². The van der Waals surface area contributed by atoms with Gasteiger partial charge in [0.1, 0.15) is 17.3 Å². The molecule has 0 radical (unpaired) electrons. The van der Waals surface area contributed by atoms with Crippen molar-refractivity contribution in [2.75, 3.05) is 11.5 Å². The van der Waals surface area contributed by atoms with Gasteiger partial charge in [0.05, 0.1) is 10.9 Å². The Morgan fingerprint density at radius 2 is 1.67 bits per heavy atom. The summed E-state index contributed by atoms with van der Waals surface area (Å²) in [6, 6.07) is 13.2. The third kappa shape index (κ3) is 2.63. The molecule has 0 aliphatic heterocycles. The average Bonchev–Trinajstić information content (AvgIpc) is 2.55. The summed E-state index contributed by atoms with van der Waals surface area (Å²) in [7, 11) is 0. The van der Waals surface area contributed by atoms with Crippen molar-refractivity contribution in [3.8, 4) is 11.5 Å². The van der Waals surface area contributed by atoms with Crippen LogP contribution in [0, 0.1) is 0 Å². The van der Waals surface area contributed by atoms with Gasteiger partial charge in [-0.1, -0.05) is 18.2 Å². The highest BCUT2D eigenvalue weighted by Gasteiger charge is 2.11. The van der Waals surface area contributed by atoms with Gasteiger partial charge < -0.3 is 16.2 Å². The van der Waals surface area contributed by atoms with E-state index in [1.807, 2.05) is 42.5 Å². The van der Waals surface area contributed by atoms with Crippen LogP contribution in [0.15, 0.2) is 54.9 Å². The lowest BCUT2D eigenvalue weighted by Crippen LogP contribution is -2.01. The number of halogens is 1. The van der Waals surface area contributed by atoms with E-state index in [1.165, 1.54) is 0 Å². The number of anilines is 2. The molecule has 4 aromatic rings. The standard InChI is InChI=1S/C17H13N5O.ClH/c18-16-15-12(21-17(19)22-16)4-2-6-14(15)23-13-5-1-3-10-9-20-8-7-11(10)13;/h1-9H,(H4,18,19,21,22);1H. The van der Waals surface area contributed by atoms with Crippen LogP contribution in [-0.4, -0.2) is 15.0 Å². The van der Waals surface area contributed by atoms with Gasteiger partial charge in [-0.2, -0.15) is 4.98 Å². The van der Waals surface area contributed by atoms with Crippen LogP contribution in [-0.2, 0) is 0 Å². The Hall–Kier alpha value is -3.12. The largest absolute Gasteiger partial charge is 0.456 e. The zero-order chi connectivity index (χ0) is 15.8. The molecule has 0 fully saturated rings. The number of pyridine rings is 1.